The Hall–Kier alpha value is -4.30. The van der Waals surface area contributed by atoms with Crippen LogP contribution in [0.3, 0.4) is 0 Å². The van der Waals surface area contributed by atoms with E-state index in [4.69, 9.17) is 4.74 Å². The van der Waals surface area contributed by atoms with E-state index in [9.17, 15) is 0 Å². The van der Waals surface area contributed by atoms with Crippen LogP contribution in [0.5, 0.6) is 11.5 Å². The highest BCUT2D eigenvalue weighted by molar-refractivity contribution is 5.88. The summed E-state index contributed by atoms with van der Waals surface area (Å²) in [5.74, 6) is 5.12. The lowest BCUT2D eigenvalue weighted by Crippen LogP contribution is -2.57. The molecule has 2 nitrogen and oxygen atoms in total. The van der Waals surface area contributed by atoms with Crippen molar-refractivity contribution in [1.82, 2.24) is 0 Å². The van der Waals surface area contributed by atoms with Gasteiger partial charge in [-0.15, -0.1) is 0 Å². The number of hydrogen-bond acceptors (Lipinski definition) is 2. The lowest BCUT2D eigenvalue weighted by atomic mass is 9.41. The van der Waals surface area contributed by atoms with Gasteiger partial charge in [-0.1, -0.05) is 116 Å². The van der Waals surface area contributed by atoms with Crippen LogP contribution in [0.1, 0.15) is 147 Å². The molecule has 4 fully saturated rings. The molecule has 12 rings (SSSR count). The van der Waals surface area contributed by atoms with Gasteiger partial charge in [-0.05, 0) is 179 Å². The van der Waals surface area contributed by atoms with Gasteiger partial charge in [0.1, 0.15) is 5.75 Å². The number of anilines is 3. The Bertz CT molecular complexity index is 2350. The molecule has 2 heteroatoms. The minimum atomic E-state index is -0.0630. The smallest absolute Gasteiger partial charge is 0.155 e. The van der Waals surface area contributed by atoms with Crippen LogP contribution in [0.15, 0.2) is 103 Å². The van der Waals surface area contributed by atoms with Crippen molar-refractivity contribution in [2.45, 2.75) is 140 Å². The third kappa shape index (κ3) is 5.28. The van der Waals surface area contributed by atoms with Gasteiger partial charge < -0.3 is 9.64 Å². The number of para-hydroxylation sites is 1. The Balaban J connectivity index is 1.23. The van der Waals surface area contributed by atoms with Crippen LogP contribution in [0.4, 0.5) is 17.1 Å². The lowest BCUT2D eigenvalue weighted by Gasteiger charge is -2.63. The van der Waals surface area contributed by atoms with Crippen molar-refractivity contribution in [3.8, 4) is 22.6 Å². The highest BCUT2D eigenvalue weighted by Crippen LogP contribution is 2.70. The SMILES string of the molecule is CC1(C)CCC(C)(C)c2cc(N(c3ccc4c(c3)C(C)(C)CCC4(C)C)c3cc(-c4ccccc4)cc4c3Oc3ccccc3C43C4CC5CC(C4)CC3C5)ccc21. The number of benzene rings is 5. The highest BCUT2D eigenvalue weighted by atomic mass is 16.5. The predicted molar refractivity (Wildman–Crippen MR) is 241 cm³/mol. The zero-order valence-corrected chi connectivity index (χ0v) is 36.3. The van der Waals surface area contributed by atoms with Crippen molar-refractivity contribution in [3.05, 3.63) is 137 Å². The number of ether oxygens (including phenoxy) is 1. The van der Waals surface area contributed by atoms with Crippen molar-refractivity contribution < 1.29 is 4.74 Å². The Morgan fingerprint density at radius 2 is 0.948 bits per heavy atom. The number of rotatable bonds is 4. The molecule has 5 aromatic carbocycles. The first-order valence-corrected chi connectivity index (χ1v) is 22.8. The quantitative estimate of drug-likeness (QED) is 0.181. The summed E-state index contributed by atoms with van der Waals surface area (Å²) in [6, 6.07) is 40.4. The molecule has 0 saturated heterocycles. The summed E-state index contributed by atoms with van der Waals surface area (Å²) >= 11 is 0. The zero-order valence-electron chi connectivity index (χ0n) is 36.3. The average molecular weight is 766 g/mol. The van der Waals surface area contributed by atoms with Crippen LogP contribution < -0.4 is 9.64 Å². The van der Waals surface area contributed by atoms with Crippen molar-refractivity contribution >= 4 is 17.1 Å². The van der Waals surface area contributed by atoms with Crippen LogP contribution in [-0.2, 0) is 27.1 Å². The Morgan fingerprint density at radius 1 is 0.448 bits per heavy atom. The summed E-state index contributed by atoms with van der Waals surface area (Å²) in [7, 11) is 0. The van der Waals surface area contributed by atoms with Crippen LogP contribution in [0.2, 0.25) is 0 Å². The second kappa shape index (κ2) is 12.4. The Labute approximate surface area is 348 Å². The van der Waals surface area contributed by atoms with Crippen LogP contribution >= 0.6 is 0 Å². The number of nitrogens with zero attached hydrogens (tertiary/aromatic N) is 1. The topological polar surface area (TPSA) is 12.5 Å². The molecular formula is C56H63NO. The number of hydrogen-bond donors (Lipinski definition) is 0. The summed E-state index contributed by atoms with van der Waals surface area (Å²) in [5, 5.41) is 0. The monoisotopic (exact) mass is 765 g/mol. The molecule has 6 aliphatic carbocycles. The summed E-state index contributed by atoms with van der Waals surface area (Å²) in [5.41, 5.74) is 15.4. The van der Waals surface area contributed by atoms with E-state index in [0.717, 1.165) is 23.3 Å². The van der Waals surface area contributed by atoms with E-state index in [1.165, 1.54) is 119 Å². The van der Waals surface area contributed by atoms with Gasteiger partial charge in [0.2, 0.25) is 0 Å². The first-order valence-electron chi connectivity index (χ1n) is 22.8. The Kier molecular flexibility index (Phi) is 7.84. The first kappa shape index (κ1) is 36.8. The molecule has 0 radical (unpaired) electrons. The maximum atomic E-state index is 7.49. The molecule has 0 atom stereocenters. The first-order chi connectivity index (χ1) is 27.7. The van der Waals surface area contributed by atoms with Crippen molar-refractivity contribution in [3.63, 3.8) is 0 Å². The lowest BCUT2D eigenvalue weighted by molar-refractivity contribution is -0.0451. The number of fused-ring (bicyclic) bond motifs is 4. The molecule has 58 heavy (non-hydrogen) atoms. The Morgan fingerprint density at radius 3 is 1.50 bits per heavy atom. The zero-order chi connectivity index (χ0) is 40.0. The molecule has 1 aliphatic heterocycles. The molecule has 298 valence electrons. The van der Waals surface area contributed by atoms with Crippen LogP contribution in [0.25, 0.3) is 11.1 Å². The molecular weight excluding hydrogens is 703 g/mol. The van der Waals surface area contributed by atoms with E-state index < -0.39 is 0 Å². The maximum Gasteiger partial charge on any atom is 0.155 e. The van der Waals surface area contributed by atoms with E-state index >= 15 is 0 Å². The average Bonchev–Trinajstić information content (AvgIpc) is 3.20. The van der Waals surface area contributed by atoms with Crippen LogP contribution in [-0.4, -0.2) is 0 Å². The predicted octanol–water partition coefficient (Wildman–Crippen LogP) is 15.4. The minimum absolute atomic E-state index is 0.0630. The summed E-state index contributed by atoms with van der Waals surface area (Å²) in [4.78, 5) is 2.62. The van der Waals surface area contributed by atoms with Gasteiger partial charge in [-0.2, -0.15) is 0 Å². The minimum Gasteiger partial charge on any atom is -0.455 e. The van der Waals surface area contributed by atoms with Gasteiger partial charge in [-0.25, -0.2) is 0 Å². The molecule has 4 saturated carbocycles. The second-order valence-corrected chi connectivity index (χ2v) is 22.3. The third-order valence-electron chi connectivity index (χ3n) is 17.0. The molecule has 0 amide bonds. The van der Waals surface area contributed by atoms with E-state index in [1.807, 2.05) is 0 Å². The molecule has 4 bridgehead atoms. The molecule has 7 aliphatic rings. The highest BCUT2D eigenvalue weighted by Gasteiger charge is 2.61. The molecule has 0 unspecified atom stereocenters. The molecule has 0 N–H and O–H groups in total. The summed E-state index contributed by atoms with van der Waals surface area (Å²) < 4.78 is 7.49. The van der Waals surface area contributed by atoms with E-state index in [1.54, 1.807) is 0 Å². The standard InChI is InChI=1S/C56H63NO/c1-52(2)22-24-54(5,6)46-33-41(18-20-43(46)52)57(42-19-21-44-47(34-42)55(7,8)25-23-53(44,3)4)49-32-38(37-14-10-9-11-15-37)31-48-51(49)58-50-17-13-12-16-45(50)56(48)39-27-35-26-36(29-39)30-40(56)28-35/h9-21,31-36,39-40H,22-30H2,1-8H3. The van der Waals surface area contributed by atoms with Gasteiger partial charge >= 0.3 is 0 Å². The maximum absolute atomic E-state index is 7.49. The third-order valence-corrected chi connectivity index (χ3v) is 17.0. The van der Waals surface area contributed by atoms with Crippen molar-refractivity contribution in [2.24, 2.45) is 23.7 Å². The fourth-order valence-electron chi connectivity index (χ4n) is 13.8. The van der Waals surface area contributed by atoms with Gasteiger partial charge in [0, 0.05) is 27.9 Å². The second-order valence-electron chi connectivity index (χ2n) is 22.3. The van der Waals surface area contributed by atoms with E-state index in [2.05, 4.69) is 163 Å². The normalized spacial score (nSPS) is 28.5. The van der Waals surface area contributed by atoms with Crippen molar-refractivity contribution in [2.75, 3.05) is 4.90 Å². The fraction of sp³-hybridized carbons (Fsp3) is 0.464. The molecule has 1 heterocycles. The van der Waals surface area contributed by atoms with Gasteiger partial charge in [0.25, 0.3) is 0 Å². The van der Waals surface area contributed by atoms with Gasteiger partial charge in [-0.3, -0.25) is 0 Å². The molecule has 0 aromatic heterocycles. The largest absolute Gasteiger partial charge is 0.455 e. The molecule has 1 spiro atoms. The molecule has 5 aromatic rings. The van der Waals surface area contributed by atoms with Crippen LogP contribution in [0, 0.1) is 23.7 Å². The van der Waals surface area contributed by atoms with Gasteiger partial charge in [0.05, 0.1) is 5.69 Å². The summed E-state index contributed by atoms with van der Waals surface area (Å²) in [6.45, 7) is 19.6. The van der Waals surface area contributed by atoms with E-state index in [-0.39, 0.29) is 27.1 Å². The van der Waals surface area contributed by atoms with E-state index in [0.29, 0.717) is 11.8 Å². The van der Waals surface area contributed by atoms with Crippen molar-refractivity contribution in [1.29, 1.82) is 0 Å². The fourth-order valence-corrected chi connectivity index (χ4v) is 13.8. The van der Waals surface area contributed by atoms with Gasteiger partial charge in [0.15, 0.2) is 5.75 Å². The summed E-state index contributed by atoms with van der Waals surface area (Å²) in [6.07, 6.45) is 11.6.